The van der Waals surface area contributed by atoms with Crippen molar-refractivity contribution >= 4 is 17.3 Å². The Hall–Kier alpha value is -2.33. The van der Waals surface area contributed by atoms with Gasteiger partial charge in [-0.15, -0.1) is 10.2 Å². The lowest BCUT2D eigenvalue weighted by atomic mass is 10.1. The smallest absolute Gasteiger partial charge is 0.168 e. The number of rotatable bonds is 1. The number of halogens is 1. The maximum absolute atomic E-state index is 6.14. The zero-order valence-corrected chi connectivity index (χ0v) is 12.9. The Morgan fingerprint density at radius 3 is 2.77 bits per heavy atom. The topological polar surface area (TPSA) is 42.7 Å². The van der Waals surface area contributed by atoms with Crippen LogP contribution in [0.2, 0.25) is 5.02 Å². The van der Waals surface area contributed by atoms with Crippen LogP contribution in [0.25, 0.3) is 17.1 Å². The van der Waals surface area contributed by atoms with E-state index in [-0.39, 0.29) is 5.92 Å². The molecule has 2 heterocycles. The molecule has 5 heteroatoms. The summed E-state index contributed by atoms with van der Waals surface area (Å²) in [6.07, 6.45) is 0. The van der Waals surface area contributed by atoms with E-state index < -0.39 is 0 Å². The van der Waals surface area contributed by atoms with Gasteiger partial charge in [0.25, 0.3) is 0 Å². The summed E-state index contributed by atoms with van der Waals surface area (Å²) >= 11 is 6.14. The van der Waals surface area contributed by atoms with Gasteiger partial charge in [-0.25, -0.2) is 0 Å². The van der Waals surface area contributed by atoms with Crippen LogP contribution in [0.4, 0.5) is 5.69 Å². The summed E-state index contributed by atoms with van der Waals surface area (Å²) in [6, 6.07) is 16.0. The lowest BCUT2D eigenvalue weighted by molar-refractivity contribution is 0.725. The third-order valence-electron chi connectivity index (χ3n) is 3.96. The van der Waals surface area contributed by atoms with Crippen LogP contribution in [-0.4, -0.2) is 21.3 Å². The third kappa shape index (κ3) is 2.07. The fourth-order valence-corrected chi connectivity index (χ4v) is 3.00. The molecule has 0 saturated carbocycles. The van der Waals surface area contributed by atoms with E-state index in [1.54, 1.807) is 0 Å². The van der Waals surface area contributed by atoms with Crippen molar-refractivity contribution in [3.63, 3.8) is 0 Å². The van der Waals surface area contributed by atoms with Crippen molar-refractivity contribution in [2.45, 2.75) is 12.8 Å². The van der Waals surface area contributed by atoms with E-state index >= 15 is 0 Å². The summed E-state index contributed by atoms with van der Waals surface area (Å²) in [4.78, 5) is 0. The second-order valence-corrected chi connectivity index (χ2v) is 5.96. The van der Waals surface area contributed by atoms with E-state index in [1.165, 1.54) is 0 Å². The first-order valence-corrected chi connectivity index (χ1v) is 7.66. The zero-order chi connectivity index (χ0) is 15.1. The van der Waals surface area contributed by atoms with E-state index in [0.717, 1.165) is 40.2 Å². The van der Waals surface area contributed by atoms with Crippen molar-refractivity contribution in [3.8, 4) is 17.1 Å². The minimum Gasteiger partial charge on any atom is -0.383 e. The molecule has 2 aromatic carbocycles. The number of hydrogen-bond acceptors (Lipinski definition) is 3. The average Bonchev–Trinajstić information content (AvgIpc) is 2.93. The van der Waals surface area contributed by atoms with Gasteiger partial charge in [-0.05, 0) is 18.2 Å². The summed E-state index contributed by atoms with van der Waals surface area (Å²) in [6.45, 7) is 2.95. The Kier molecular flexibility index (Phi) is 3.12. The molecule has 0 radical (unpaired) electrons. The summed E-state index contributed by atoms with van der Waals surface area (Å²) in [5.74, 6) is 2.08. The van der Waals surface area contributed by atoms with Crippen LogP contribution in [0.5, 0.6) is 0 Å². The predicted octanol–water partition coefficient (Wildman–Crippen LogP) is 4.12. The molecular formula is C17H15ClN4. The van der Waals surface area contributed by atoms with Crippen LogP contribution in [-0.2, 0) is 0 Å². The second-order valence-electron chi connectivity index (χ2n) is 5.53. The van der Waals surface area contributed by atoms with Gasteiger partial charge >= 0.3 is 0 Å². The quantitative estimate of drug-likeness (QED) is 0.735. The molecule has 1 aliphatic rings. The van der Waals surface area contributed by atoms with Gasteiger partial charge in [0, 0.05) is 23.0 Å². The molecule has 1 atom stereocenters. The zero-order valence-electron chi connectivity index (χ0n) is 12.1. The molecule has 1 aromatic heterocycles. The maximum atomic E-state index is 6.14. The number of anilines is 1. The molecule has 1 N–H and O–H groups in total. The number of benzene rings is 2. The van der Waals surface area contributed by atoms with Gasteiger partial charge in [0.15, 0.2) is 5.82 Å². The third-order valence-corrected chi connectivity index (χ3v) is 4.19. The van der Waals surface area contributed by atoms with Gasteiger partial charge in [-0.3, -0.25) is 4.57 Å². The molecule has 0 spiro atoms. The Bertz CT molecular complexity index is 826. The minimum atomic E-state index is 0.260. The first-order valence-electron chi connectivity index (χ1n) is 7.28. The van der Waals surface area contributed by atoms with Gasteiger partial charge in [-0.2, -0.15) is 0 Å². The lowest BCUT2D eigenvalue weighted by Gasteiger charge is -2.12. The van der Waals surface area contributed by atoms with Gasteiger partial charge < -0.3 is 5.32 Å². The van der Waals surface area contributed by atoms with Crippen molar-refractivity contribution in [1.29, 1.82) is 0 Å². The van der Waals surface area contributed by atoms with Crippen LogP contribution in [0, 0.1) is 0 Å². The molecule has 4 rings (SSSR count). The first-order chi connectivity index (χ1) is 10.7. The summed E-state index contributed by atoms with van der Waals surface area (Å²) in [7, 11) is 0. The number of nitrogens with one attached hydrogen (secondary N) is 1. The van der Waals surface area contributed by atoms with Gasteiger partial charge in [-0.1, -0.05) is 48.9 Å². The number of hydrogen-bond donors (Lipinski definition) is 1. The molecule has 1 aliphatic heterocycles. The van der Waals surface area contributed by atoms with Gasteiger partial charge in [0.1, 0.15) is 5.82 Å². The van der Waals surface area contributed by atoms with Crippen LogP contribution in [0.15, 0.2) is 48.5 Å². The fourth-order valence-electron chi connectivity index (χ4n) is 2.83. The Morgan fingerprint density at radius 1 is 1.14 bits per heavy atom. The van der Waals surface area contributed by atoms with Gasteiger partial charge in [0.2, 0.25) is 0 Å². The van der Waals surface area contributed by atoms with Crippen LogP contribution in [0.1, 0.15) is 18.7 Å². The number of aromatic nitrogens is 3. The van der Waals surface area contributed by atoms with E-state index in [9.17, 15) is 0 Å². The van der Waals surface area contributed by atoms with Crippen molar-refractivity contribution in [3.05, 3.63) is 59.4 Å². The maximum Gasteiger partial charge on any atom is 0.168 e. The molecule has 0 amide bonds. The van der Waals surface area contributed by atoms with Crippen LogP contribution < -0.4 is 5.32 Å². The van der Waals surface area contributed by atoms with Crippen molar-refractivity contribution in [1.82, 2.24) is 14.8 Å². The highest BCUT2D eigenvalue weighted by Crippen LogP contribution is 2.34. The molecule has 3 aromatic rings. The Balaban J connectivity index is 2.00. The molecule has 0 fully saturated rings. The van der Waals surface area contributed by atoms with Crippen molar-refractivity contribution in [2.24, 2.45) is 0 Å². The molecule has 4 nitrogen and oxygen atoms in total. The summed E-state index contributed by atoms with van der Waals surface area (Å²) in [5.41, 5.74) is 3.10. The molecule has 0 saturated heterocycles. The fraction of sp³-hybridized carbons (Fsp3) is 0.176. The average molecular weight is 311 g/mol. The molecule has 0 aliphatic carbocycles. The minimum absolute atomic E-state index is 0.260. The number of nitrogens with zero attached hydrogens (tertiary/aromatic N) is 3. The molecule has 110 valence electrons. The second kappa shape index (κ2) is 5.14. The van der Waals surface area contributed by atoms with E-state index in [0.29, 0.717) is 0 Å². The van der Waals surface area contributed by atoms with Crippen LogP contribution in [0.3, 0.4) is 0 Å². The first kappa shape index (κ1) is 13.3. The lowest BCUT2D eigenvalue weighted by Crippen LogP contribution is -2.09. The molecule has 22 heavy (non-hydrogen) atoms. The normalized spacial score (nSPS) is 16.4. The van der Waals surface area contributed by atoms with E-state index in [1.807, 2.05) is 36.4 Å². The summed E-state index contributed by atoms with van der Waals surface area (Å²) < 4.78 is 2.13. The SMILES string of the molecule is C[C@@H]1CNc2cc(Cl)ccc2-n2c(-c3ccccc3)nnc21. The van der Waals surface area contributed by atoms with Gasteiger partial charge in [0.05, 0.1) is 11.4 Å². The molecular weight excluding hydrogens is 296 g/mol. The molecule has 0 bridgehead atoms. The van der Waals surface area contributed by atoms with E-state index in [4.69, 9.17) is 11.6 Å². The van der Waals surface area contributed by atoms with Crippen LogP contribution >= 0.6 is 11.6 Å². The Labute approximate surface area is 133 Å². The summed E-state index contributed by atoms with van der Waals surface area (Å²) in [5, 5.41) is 13.0. The standard InChI is InChI=1S/C17H15ClN4/c1-11-10-19-14-9-13(18)7-8-15(14)22-16(11)20-21-17(22)12-5-3-2-4-6-12/h2-9,11,19H,10H2,1H3/t11-/m1/s1. The van der Waals surface area contributed by atoms with Crippen molar-refractivity contribution in [2.75, 3.05) is 11.9 Å². The highest BCUT2D eigenvalue weighted by molar-refractivity contribution is 6.31. The number of fused-ring (bicyclic) bond motifs is 3. The monoisotopic (exact) mass is 310 g/mol. The largest absolute Gasteiger partial charge is 0.383 e. The molecule has 0 unspecified atom stereocenters. The Morgan fingerprint density at radius 2 is 1.95 bits per heavy atom. The highest BCUT2D eigenvalue weighted by Gasteiger charge is 2.24. The highest BCUT2D eigenvalue weighted by atomic mass is 35.5. The van der Waals surface area contributed by atoms with Crippen molar-refractivity contribution < 1.29 is 0 Å². The van der Waals surface area contributed by atoms with E-state index in [2.05, 4.69) is 39.1 Å². The predicted molar refractivity (Wildman–Crippen MR) is 88.7 cm³/mol.